The summed E-state index contributed by atoms with van der Waals surface area (Å²) in [5.74, 6) is 0. The highest BCUT2D eigenvalue weighted by Crippen LogP contribution is 2.35. The maximum Gasteiger partial charge on any atom is 0.0355 e. The molecular formula is C13H17N. The van der Waals surface area contributed by atoms with Gasteiger partial charge in [-0.05, 0) is 49.5 Å². The molecule has 0 saturated heterocycles. The molecule has 0 unspecified atom stereocenters. The zero-order chi connectivity index (χ0) is 10.3. The highest BCUT2D eigenvalue weighted by Gasteiger charge is 2.25. The van der Waals surface area contributed by atoms with Gasteiger partial charge in [0.25, 0.3) is 0 Å². The van der Waals surface area contributed by atoms with Crippen LogP contribution in [0.4, 0.5) is 0 Å². The first-order chi connectivity index (χ1) is 6.50. The first kappa shape index (κ1) is 9.47. The number of rotatable bonds is 1. The van der Waals surface area contributed by atoms with Crippen molar-refractivity contribution in [3.05, 3.63) is 41.0 Å². The smallest absolute Gasteiger partial charge is 0.0355 e. The normalized spacial score (nSPS) is 15.3. The van der Waals surface area contributed by atoms with Crippen LogP contribution < -0.4 is 5.73 Å². The van der Waals surface area contributed by atoms with E-state index in [-0.39, 0.29) is 5.54 Å². The van der Waals surface area contributed by atoms with Gasteiger partial charge in [-0.1, -0.05) is 24.3 Å². The molecule has 2 rings (SSSR count). The van der Waals surface area contributed by atoms with Gasteiger partial charge in [-0.15, -0.1) is 0 Å². The van der Waals surface area contributed by atoms with Gasteiger partial charge < -0.3 is 5.73 Å². The lowest BCUT2D eigenvalue weighted by molar-refractivity contribution is 0.675. The number of allylic oxidation sites excluding steroid dienone is 1. The summed E-state index contributed by atoms with van der Waals surface area (Å²) in [7, 11) is 0. The summed E-state index contributed by atoms with van der Waals surface area (Å²) in [6, 6.07) is 6.47. The molecule has 0 heterocycles. The minimum atomic E-state index is -0.225. The van der Waals surface area contributed by atoms with E-state index >= 15 is 0 Å². The molecule has 14 heavy (non-hydrogen) atoms. The van der Waals surface area contributed by atoms with Crippen LogP contribution in [0.3, 0.4) is 0 Å². The van der Waals surface area contributed by atoms with Crippen LogP contribution in [0.25, 0.3) is 5.57 Å². The Kier molecular flexibility index (Phi) is 2.00. The van der Waals surface area contributed by atoms with E-state index in [0.29, 0.717) is 0 Å². The highest BCUT2D eigenvalue weighted by molar-refractivity contribution is 5.80. The third-order valence-electron chi connectivity index (χ3n) is 2.85. The molecule has 0 bridgehead atoms. The van der Waals surface area contributed by atoms with E-state index in [1.54, 1.807) is 0 Å². The molecule has 1 aromatic rings. The lowest BCUT2D eigenvalue weighted by atomic mass is 9.88. The van der Waals surface area contributed by atoms with Gasteiger partial charge in [0, 0.05) is 5.54 Å². The molecule has 0 radical (unpaired) electrons. The summed E-state index contributed by atoms with van der Waals surface area (Å²) in [5.41, 5.74) is 11.4. The van der Waals surface area contributed by atoms with Crippen molar-refractivity contribution in [2.45, 2.75) is 32.7 Å². The van der Waals surface area contributed by atoms with Crippen molar-refractivity contribution in [3.8, 4) is 0 Å². The average molecular weight is 187 g/mol. The Hall–Kier alpha value is -1.08. The highest BCUT2D eigenvalue weighted by atomic mass is 14.7. The van der Waals surface area contributed by atoms with E-state index in [1.807, 2.05) is 0 Å². The number of hydrogen-bond donors (Lipinski definition) is 1. The Morgan fingerprint density at radius 1 is 1.29 bits per heavy atom. The molecule has 0 aliphatic heterocycles. The monoisotopic (exact) mass is 187 g/mol. The van der Waals surface area contributed by atoms with Crippen molar-refractivity contribution < 1.29 is 0 Å². The summed E-state index contributed by atoms with van der Waals surface area (Å²) in [6.45, 7) is 6.30. The third kappa shape index (κ3) is 1.38. The third-order valence-corrected chi connectivity index (χ3v) is 2.85. The number of aryl methyl sites for hydroxylation is 1. The topological polar surface area (TPSA) is 26.0 Å². The zero-order valence-corrected chi connectivity index (χ0v) is 9.09. The van der Waals surface area contributed by atoms with Gasteiger partial charge >= 0.3 is 0 Å². The maximum absolute atomic E-state index is 6.16. The maximum atomic E-state index is 6.16. The van der Waals surface area contributed by atoms with Crippen LogP contribution >= 0.6 is 0 Å². The molecule has 0 amide bonds. The fraction of sp³-hybridized carbons (Fsp3) is 0.385. The van der Waals surface area contributed by atoms with Gasteiger partial charge in [0.15, 0.2) is 0 Å². The molecule has 1 aliphatic carbocycles. The van der Waals surface area contributed by atoms with Gasteiger partial charge in [0.1, 0.15) is 0 Å². The molecule has 0 fully saturated rings. The second-order valence-electron chi connectivity index (χ2n) is 4.65. The van der Waals surface area contributed by atoms with Gasteiger partial charge in [-0.25, -0.2) is 0 Å². The fourth-order valence-corrected chi connectivity index (χ4v) is 2.18. The van der Waals surface area contributed by atoms with Gasteiger partial charge in [0.2, 0.25) is 0 Å². The SMILES string of the molecule is Cc1cccc2c1C(C(C)(C)N)=CC2. The van der Waals surface area contributed by atoms with Crippen LogP contribution in [-0.2, 0) is 6.42 Å². The van der Waals surface area contributed by atoms with Crippen LogP contribution in [0.1, 0.15) is 30.5 Å². The van der Waals surface area contributed by atoms with E-state index < -0.39 is 0 Å². The van der Waals surface area contributed by atoms with Crippen LogP contribution in [0.2, 0.25) is 0 Å². The lowest BCUT2D eigenvalue weighted by Gasteiger charge is -2.23. The van der Waals surface area contributed by atoms with Gasteiger partial charge in [0.05, 0.1) is 0 Å². The molecule has 74 valence electrons. The Morgan fingerprint density at radius 3 is 2.64 bits per heavy atom. The Labute approximate surface area is 85.6 Å². The van der Waals surface area contributed by atoms with Gasteiger partial charge in [-0.3, -0.25) is 0 Å². The number of fused-ring (bicyclic) bond motifs is 1. The minimum absolute atomic E-state index is 0.225. The molecule has 0 aromatic heterocycles. The Balaban J connectivity index is 2.56. The Bertz CT molecular complexity index is 394. The van der Waals surface area contributed by atoms with Crippen molar-refractivity contribution in [1.29, 1.82) is 0 Å². The second-order valence-corrected chi connectivity index (χ2v) is 4.65. The van der Waals surface area contributed by atoms with Gasteiger partial charge in [-0.2, -0.15) is 0 Å². The van der Waals surface area contributed by atoms with Crippen molar-refractivity contribution in [2.24, 2.45) is 5.73 Å². The molecular weight excluding hydrogens is 170 g/mol. The Morgan fingerprint density at radius 2 is 2.00 bits per heavy atom. The fourth-order valence-electron chi connectivity index (χ4n) is 2.18. The summed E-state index contributed by atoms with van der Waals surface area (Å²) >= 11 is 0. The molecule has 0 saturated carbocycles. The summed E-state index contributed by atoms with van der Waals surface area (Å²) in [5, 5.41) is 0. The van der Waals surface area contributed by atoms with Crippen molar-refractivity contribution >= 4 is 5.57 Å². The summed E-state index contributed by atoms with van der Waals surface area (Å²) in [6.07, 6.45) is 3.30. The zero-order valence-electron chi connectivity index (χ0n) is 9.09. The second kappa shape index (κ2) is 2.96. The predicted octanol–water partition coefficient (Wildman–Crippen LogP) is 2.67. The first-order valence-electron chi connectivity index (χ1n) is 5.08. The predicted molar refractivity (Wildman–Crippen MR) is 61.1 cm³/mol. The molecule has 0 spiro atoms. The van der Waals surface area contributed by atoms with Crippen molar-refractivity contribution in [2.75, 3.05) is 0 Å². The van der Waals surface area contributed by atoms with Crippen LogP contribution in [0.5, 0.6) is 0 Å². The number of nitrogens with two attached hydrogens (primary N) is 1. The summed E-state index contributed by atoms with van der Waals surface area (Å²) < 4.78 is 0. The van der Waals surface area contributed by atoms with E-state index in [9.17, 15) is 0 Å². The number of hydrogen-bond acceptors (Lipinski definition) is 1. The lowest BCUT2D eigenvalue weighted by Crippen LogP contribution is -2.33. The van der Waals surface area contributed by atoms with Crippen LogP contribution in [0.15, 0.2) is 24.3 Å². The largest absolute Gasteiger partial charge is 0.322 e. The average Bonchev–Trinajstić information content (AvgIpc) is 2.47. The van der Waals surface area contributed by atoms with Crippen molar-refractivity contribution in [3.63, 3.8) is 0 Å². The molecule has 1 heteroatoms. The van der Waals surface area contributed by atoms with E-state index in [4.69, 9.17) is 5.73 Å². The van der Waals surface area contributed by atoms with E-state index in [2.05, 4.69) is 45.0 Å². The van der Waals surface area contributed by atoms with E-state index in [0.717, 1.165) is 6.42 Å². The molecule has 1 aliphatic rings. The number of benzene rings is 1. The van der Waals surface area contributed by atoms with Crippen LogP contribution in [-0.4, -0.2) is 5.54 Å². The van der Waals surface area contributed by atoms with Crippen LogP contribution in [0, 0.1) is 6.92 Å². The summed E-state index contributed by atoms with van der Waals surface area (Å²) in [4.78, 5) is 0. The van der Waals surface area contributed by atoms with E-state index in [1.165, 1.54) is 22.3 Å². The molecule has 1 nitrogen and oxygen atoms in total. The molecule has 1 aromatic carbocycles. The standard InChI is InChI=1S/C13H17N/c1-9-5-4-6-10-7-8-11(12(9)10)13(2,3)14/h4-6,8H,7,14H2,1-3H3. The van der Waals surface area contributed by atoms with Crippen molar-refractivity contribution in [1.82, 2.24) is 0 Å². The minimum Gasteiger partial charge on any atom is -0.322 e. The molecule has 0 atom stereocenters. The molecule has 2 N–H and O–H groups in total. The quantitative estimate of drug-likeness (QED) is 0.718. The first-order valence-corrected chi connectivity index (χ1v) is 5.08.